The third-order valence-electron chi connectivity index (χ3n) is 3.96. The number of carbonyl (C=O) groups excluding carboxylic acids is 1. The molecule has 1 N–H and O–H groups in total. The van der Waals surface area contributed by atoms with Crippen LogP contribution in [0.5, 0.6) is 0 Å². The van der Waals surface area contributed by atoms with Gasteiger partial charge in [0, 0.05) is 18.3 Å². The topological polar surface area (TPSA) is 46.4 Å². The van der Waals surface area contributed by atoms with Gasteiger partial charge in [-0.2, -0.15) is 0 Å². The van der Waals surface area contributed by atoms with Gasteiger partial charge in [0.05, 0.1) is 11.4 Å². The number of carbonyl (C=O) groups is 1. The van der Waals surface area contributed by atoms with Crippen LogP contribution in [0, 0.1) is 19.7 Å². The van der Waals surface area contributed by atoms with Crippen LogP contribution in [0.1, 0.15) is 23.4 Å². The molecule has 2 aromatic heterocycles. The van der Waals surface area contributed by atoms with E-state index in [2.05, 4.69) is 10.3 Å². The summed E-state index contributed by atoms with van der Waals surface area (Å²) in [6, 6.07) is 10.2. The van der Waals surface area contributed by atoms with E-state index in [1.807, 2.05) is 36.6 Å². The zero-order valence-corrected chi connectivity index (χ0v) is 13.1. The van der Waals surface area contributed by atoms with Crippen LogP contribution >= 0.6 is 0 Å². The van der Waals surface area contributed by atoms with Crippen LogP contribution in [0.15, 0.2) is 42.6 Å². The Balaban J connectivity index is 1.68. The summed E-state index contributed by atoms with van der Waals surface area (Å²) in [5.74, 6) is -0.409. The summed E-state index contributed by atoms with van der Waals surface area (Å²) in [5.41, 5.74) is 4.12. The predicted octanol–water partition coefficient (Wildman–Crippen LogP) is 3.66. The van der Waals surface area contributed by atoms with Gasteiger partial charge in [0.2, 0.25) is 5.91 Å². The standard InChI is InChI=1S/C18H18FN3O/c1-12-13(2)22-11-15(8-9-17(22)20-12)21-18(23)10-7-14-5-3-4-6-16(14)19/h3-6,8-9,11H,7,10H2,1-2H3,(H,21,23). The van der Waals surface area contributed by atoms with Crippen molar-refractivity contribution in [3.63, 3.8) is 0 Å². The number of benzene rings is 1. The molecule has 0 fully saturated rings. The Morgan fingerprint density at radius 3 is 2.78 bits per heavy atom. The van der Waals surface area contributed by atoms with E-state index in [4.69, 9.17) is 0 Å². The molecule has 0 saturated heterocycles. The van der Waals surface area contributed by atoms with E-state index in [9.17, 15) is 9.18 Å². The maximum Gasteiger partial charge on any atom is 0.224 e. The largest absolute Gasteiger partial charge is 0.325 e. The number of aromatic nitrogens is 2. The number of hydrogen-bond acceptors (Lipinski definition) is 2. The summed E-state index contributed by atoms with van der Waals surface area (Å²) >= 11 is 0. The predicted molar refractivity (Wildman–Crippen MR) is 88.0 cm³/mol. The van der Waals surface area contributed by atoms with Crippen LogP contribution in [0.3, 0.4) is 0 Å². The number of aryl methyl sites for hydroxylation is 3. The van der Waals surface area contributed by atoms with Gasteiger partial charge in [-0.25, -0.2) is 9.37 Å². The second-order valence-electron chi connectivity index (χ2n) is 5.57. The van der Waals surface area contributed by atoms with Crippen molar-refractivity contribution in [2.24, 2.45) is 0 Å². The van der Waals surface area contributed by atoms with Gasteiger partial charge >= 0.3 is 0 Å². The molecule has 1 aromatic carbocycles. The van der Waals surface area contributed by atoms with Gasteiger partial charge in [-0.05, 0) is 44.0 Å². The minimum atomic E-state index is -0.272. The Bertz CT molecular complexity index is 870. The lowest BCUT2D eigenvalue weighted by atomic mass is 10.1. The van der Waals surface area contributed by atoms with Crippen LogP contribution in [0.2, 0.25) is 0 Å². The fourth-order valence-corrected chi connectivity index (χ4v) is 2.53. The molecule has 23 heavy (non-hydrogen) atoms. The lowest BCUT2D eigenvalue weighted by Gasteiger charge is -2.07. The molecule has 4 nitrogen and oxygen atoms in total. The van der Waals surface area contributed by atoms with Gasteiger partial charge in [-0.3, -0.25) is 4.79 Å². The number of rotatable bonds is 4. The van der Waals surface area contributed by atoms with Crippen LogP contribution in [0.4, 0.5) is 10.1 Å². The number of halogens is 1. The Morgan fingerprint density at radius 2 is 2.00 bits per heavy atom. The van der Waals surface area contributed by atoms with Crippen molar-refractivity contribution in [3.8, 4) is 0 Å². The molecule has 0 radical (unpaired) electrons. The quantitative estimate of drug-likeness (QED) is 0.799. The van der Waals surface area contributed by atoms with E-state index in [0.717, 1.165) is 17.0 Å². The number of anilines is 1. The van der Waals surface area contributed by atoms with Crippen LogP contribution in [0.25, 0.3) is 5.65 Å². The second-order valence-corrected chi connectivity index (χ2v) is 5.57. The Kier molecular flexibility index (Phi) is 4.10. The van der Waals surface area contributed by atoms with E-state index < -0.39 is 0 Å². The molecule has 0 bridgehead atoms. The first-order valence-electron chi connectivity index (χ1n) is 7.53. The van der Waals surface area contributed by atoms with Gasteiger partial charge in [-0.15, -0.1) is 0 Å². The average Bonchev–Trinajstić information content (AvgIpc) is 2.81. The number of fused-ring (bicyclic) bond motifs is 1. The molecule has 2 heterocycles. The van der Waals surface area contributed by atoms with Crippen LogP contribution in [-0.4, -0.2) is 15.3 Å². The van der Waals surface area contributed by atoms with Crippen molar-refractivity contribution >= 4 is 17.2 Å². The lowest BCUT2D eigenvalue weighted by Crippen LogP contribution is -2.13. The van der Waals surface area contributed by atoms with Crippen molar-refractivity contribution in [1.29, 1.82) is 0 Å². The fourth-order valence-electron chi connectivity index (χ4n) is 2.53. The van der Waals surface area contributed by atoms with E-state index >= 15 is 0 Å². The van der Waals surface area contributed by atoms with Gasteiger partial charge in [0.25, 0.3) is 0 Å². The molecular weight excluding hydrogens is 293 g/mol. The van der Waals surface area contributed by atoms with Crippen molar-refractivity contribution < 1.29 is 9.18 Å². The molecule has 3 rings (SSSR count). The van der Waals surface area contributed by atoms with E-state index in [0.29, 0.717) is 17.7 Å². The molecule has 0 unspecified atom stereocenters. The Morgan fingerprint density at radius 1 is 1.22 bits per heavy atom. The normalized spacial score (nSPS) is 10.9. The molecule has 0 aliphatic heterocycles. The third kappa shape index (κ3) is 3.23. The summed E-state index contributed by atoms with van der Waals surface area (Å²) in [6.45, 7) is 3.94. The number of hydrogen-bond donors (Lipinski definition) is 1. The fraction of sp³-hybridized carbons (Fsp3) is 0.222. The van der Waals surface area contributed by atoms with Crippen molar-refractivity contribution in [1.82, 2.24) is 9.38 Å². The molecule has 3 aromatic rings. The maximum atomic E-state index is 13.5. The molecule has 5 heteroatoms. The highest BCUT2D eigenvalue weighted by Crippen LogP contribution is 2.16. The van der Waals surface area contributed by atoms with E-state index in [1.165, 1.54) is 6.07 Å². The van der Waals surface area contributed by atoms with Gasteiger partial charge in [-0.1, -0.05) is 18.2 Å². The monoisotopic (exact) mass is 311 g/mol. The number of nitrogens with zero attached hydrogens (tertiary/aromatic N) is 2. The summed E-state index contributed by atoms with van der Waals surface area (Å²) in [5, 5.41) is 2.85. The third-order valence-corrected chi connectivity index (χ3v) is 3.96. The molecule has 0 aliphatic rings. The van der Waals surface area contributed by atoms with Crippen molar-refractivity contribution in [3.05, 3.63) is 65.4 Å². The summed E-state index contributed by atoms with van der Waals surface area (Å²) < 4.78 is 15.5. The zero-order valence-electron chi connectivity index (χ0n) is 13.1. The molecule has 0 spiro atoms. The van der Waals surface area contributed by atoms with E-state index in [-0.39, 0.29) is 18.1 Å². The molecule has 0 saturated carbocycles. The van der Waals surface area contributed by atoms with E-state index in [1.54, 1.807) is 18.2 Å². The number of amides is 1. The van der Waals surface area contributed by atoms with Crippen LogP contribution in [-0.2, 0) is 11.2 Å². The lowest BCUT2D eigenvalue weighted by molar-refractivity contribution is -0.116. The highest BCUT2D eigenvalue weighted by atomic mass is 19.1. The van der Waals surface area contributed by atoms with Gasteiger partial charge < -0.3 is 9.72 Å². The molecule has 118 valence electrons. The first-order chi connectivity index (χ1) is 11.0. The minimum absolute atomic E-state index is 0.137. The first kappa shape index (κ1) is 15.2. The number of pyridine rings is 1. The first-order valence-corrected chi connectivity index (χ1v) is 7.53. The summed E-state index contributed by atoms with van der Waals surface area (Å²) in [7, 11) is 0. The molecule has 0 atom stereocenters. The average molecular weight is 311 g/mol. The highest BCUT2D eigenvalue weighted by molar-refractivity contribution is 5.90. The summed E-state index contributed by atoms with van der Waals surface area (Å²) in [6.07, 6.45) is 2.47. The smallest absolute Gasteiger partial charge is 0.224 e. The van der Waals surface area contributed by atoms with Gasteiger partial charge in [0.15, 0.2) is 0 Å². The zero-order chi connectivity index (χ0) is 16.4. The van der Waals surface area contributed by atoms with Crippen LogP contribution < -0.4 is 5.32 Å². The molecule has 1 amide bonds. The second kappa shape index (κ2) is 6.20. The summed E-state index contributed by atoms with van der Waals surface area (Å²) in [4.78, 5) is 16.5. The molecule has 0 aliphatic carbocycles. The van der Waals surface area contributed by atoms with Gasteiger partial charge in [0.1, 0.15) is 11.5 Å². The van der Waals surface area contributed by atoms with Crippen molar-refractivity contribution in [2.75, 3.05) is 5.32 Å². The SMILES string of the molecule is Cc1nc2ccc(NC(=O)CCc3ccccc3F)cn2c1C. The maximum absolute atomic E-state index is 13.5. The Labute approximate surface area is 134 Å². The minimum Gasteiger partial charge on any atom is -0.325 e. The Hall–Kier alpha value is -2.69. The molecular formula is C18H18FN3O. The number of nitrogens with one attached hydrogen (secondary N) is 1. The highest BCUT2D eigenvalue weighted by Gasteiger charge is 2.08. The van der Waals surface area contributed by atoms with Crippen molar-refractivity contribution in [2.45, 2.75) is 26.7 Å². The number of imidazole rings is 1.